The maximum absolute atomic E-state index is 13.0. The number of amides is 1. The minimum Gasteiger partial charge on any atom is -0.337 e. The van der Waals surface area contributed by atoms with Crippen LogP contribution in [0.2, 0.25) is 0 Å². The zero-order chi connectivity index (χ0) is 17.4. The lowest BCUT2D eigenvalue weighted by molar-refractivity contribution is 0.0788. The van der Waals surface area contributed by atoms with E-state index in [9.17, 15) is 4.79 Å². The summed E-state index contributed by atoms with van der Waals surface area (Å²) in [7, 11) is 1.81. The van der Waals surface area contributed by atoms with Crippen LogP contribution in [0.3, 0.4) is 0 Å². The van der Waals surface area contributed by atoms with E-state index in [1.807, 2.05) is 38.3 Å². The number of carbonyl (C=O) groups is 1. The van der Waals surface area contributed by atoms with Gasteiger partial charge in [0.15, 0.2) is 0 Å². The molecule has 0 aliphatic heterocycles. The summed E-state index contributed by atoms with van der Waals surface area (Å²) in [6.45, 7) is 6.47. The molecule has 3 heterocycles. The van der Waals surface area contributed by atoms with E-state index in [-0.39, 0.29) is 11.8 Å². The Hall–Kier alpha value is -1.73. The highest BCUT2D eigenvalue weighted by molar-refractivity contribution is 9.10. The Balaban J connectivity index is 2.00. The van der Waals surface area contributed by atoms with E-state index in [0.29, 0.717) is 28.9 Å². The van der Waals surface area contributed by atoms with E-state index in [2.05, 4.69) is 26.1 Å². The van der Waals surface area contributed by atoms with Crippen LogP contribution in [0.5, 0.6) is 0 Å². The fourth-order valence-corrected chi connectivity index (χ4v) is 4.03. The molecule has 0 spiro atoms. The van der Waals surface area contributed by atoms with E-state index in [1.54, 1.807) is 23.3 Å². The number of fused-ring (bicyclic) bond motifs is 1. The van der Waals surface area contributed by atoms with E-state index in [4.69, 9.17) is 4.52 Å². The zero-order valence-corrected chi connectivity index (χ0v) is 16.4. The van der Waals surface area contributed by atoms with Crippen LogP contribution in [0, 0.1) is 6.92 Å². The van der Waals surface area contributed by atoms with Gasteiger partial charge in [-0.2, -0.15) is 0 Å². The first-order valence-electron chi connectivity index (χ1n) is 7.62. The second kappa shape index (κ2) is 6.64. The smallest absolute Gasteiger partial charge is 0.259 e. The Morgan fingerprint density at radius 1 is 1.42 bits per heavy atom. The van der Waals surface area contributed by atoms with Gasteiger partial charge in [0, 0.05) is 27.5 Å². The van der Waals surface area contributed by atoms with Gasteiger partial charge in [0.25, 0.3) is 11.6 Å². The van der Waals surface area contributed by atoms with Crippen molar-refractivity contribution in [3.05, 3.63) is 43.8 Å². The summed E-state index contributed by atoms with van der Waals surface area (Å²) in [6.07, 6.45) is 0. The van der Waals surface area contributed by atoms with Crippen molar-refractivity contribution in [3.8, 4) is 0 Å². The summed E-state index contributed by atoms with van der Waals surface area (Å²) in [5.74, 6) is 0.144. The number of carbonyl (C=O) groups excluding carboxylic acids is 1. The van der Waals surface area contributed by atoms with Gasteiger partial charge in [0.05, 0.1) is 23.2 Å². The molecule has 0 fully saturated rings. The molecule has 0 aliphatic rings. The van der Waals surface area contributed by atoms with Crippen LogP contribution in [0.15, 0.2) is 26.5 Å². The van der Waals surface area contributed by atoms with Crippen molar-refractivity contribution in [2.45, 2.75) is 33.2 Å². The number of aromatic nitrogens is 2. The first-order valence-corrected chi connectivity index (χ1v) is 9.29. The van der Waals surface area contributed by atoms with Crippen LogP contribution in [-0.4, -0.2) is 28.0 Å². The molecule has 0 aliphatic carbocycles. The lowest BCUT2D eigenvalue weighted by Crippen LogP contribution is -2.26. The summed E-state index contributed by atoms with van der Waals surface area (Å²) in [5, 5.41) is 6.68. The number of nitrogens with zero attached hydrogens (tertiary/aromatic N) is 3. The first-order chi connectivity index (χ1) is 11.4. The molecular weight excluding hydrogens is 390 g/mol. The summed E-state index contributed by atoms with van der Waals surface area (Å²) in [4.78, 5) is 20.3. The van der Waals surface area contributed by atoms with Crippen LogP contribution in [-0.2, 0) is 6.54 Å². The molecule has 0 aromatic carbocycles. The molecule has 3 rings (SSSR count). The van der Waals surface area contributed by atoms with Crippen molar-refractivity contribution < 1.29 is 9.32 Å². The van der Waals surface area contributed by atoms with Gasteiger partial charge < -0.3 is 9.42 Å². The highest BCUT2D eigenvalue weighted by atomic mass is 79.9. The number of halogens is 1. The first kappa shape index (κ1) is 17.1. The van der Waals surface area contributed by atoms with Crippen molar-refractivity contribution in [3.63, 3.8) is 0 Å². The van der Waals surface area contributed by atoms with Crippen LogP contribution in [0.25, 0.3) is 11.1 Å². The maximum atomic E-state index is 13.0. The molecule has 0 radical (unpaired) electrons. The minimum atomic E-state index is -0.0554. The van der Waals surface area contributed by atoms with E-state index < -0.39 is 0 Å². The summed E-state index contributed by atoms with van der Waals surface area (Å²) >= 11 is 5.07. The predicted molar refractivity (Wildman–Crippen MR) is 98.4 cm³/mol. The van der Waals surface area contributed by atoms with Gasteiger partial charge in [0.2, 0.25) is 0 Å². The fraction of sp³-hybridized carbons (Fsp3) is 0.353. The summed E-state index contributed by atoms with van der Waals surface area (Å²) in [5.41, 5.74) is 2.53. The molecule has 24 heavy (non-hydrogen) atoms. The summed E-state index contributed by atoms with van der Waals surface area (Å²) < 4.78 is 6.33. The predicted octanol–water partition coefficient (Wildman–Crippen LogP) is 4.75. The van der Waals surface area contributed by atoms with Crippen molar-refractivity contribution >= 4 is 44.3 Å². The molecule has 5 nitrogen and oxygen atoms in total. The Kier molecular flexibility index (Phi) is 4.73. The van der Waals surface area contributed by atoms with Gasteiger partial charge >= 0.3 is 0 Å². The molecule has 3 aromatic rings. The SMILES string of the molecule is Cc1noc2nc(C(C)C)cc(C(=O)N(C)Cc3cc(Br)cs3)c12. The van der Waals surface area contributed by atoms with Gasteiger partial charge in [0.1, 0.15) is 0 Å². The third-order valence-electron chi connectivity index (χ3n) is 3.82. The lowest BCUT2D eigenvalue weighted by Gasteiger charge is -2.17. The normalized spacial score (nSPS) is 11.4. The van der Waals surface area contributed by atoms with Crippen LogP contribution in [0.1, 0.15) is 46.4 Å². The number of aryl methyl sites for hydroxylation is 1. The third-order valence-corrected chi connectivity index (χ3v) is 5.50. The van der Waals surface area contributed by atoms with Crippen molar-refractivity contribution in [1.29, 1.82) is 0 Å². The maximum Gasteiger partial charge on any atom is 0.259 e. The van der Waals surface area contributed by atoms with Gasteiger partial charge in [-0.25, -0.2) is 4.98 Å². The standard InChI is InChI=1S/C17H18BrN3O2S/c1-9(2)14-6-13(15-10(3)20-23-16(15)19-14)17(22)21(4)7-12-5-11(18)8-24-12/h5-6,8-9H,7H2,1-4H3. The molecule has 1 amide bonds. The molecule has 0 unspecified atom stereocenters. The van der Waals surface area contributed by atoms with Crippen molar-refractivity contribution in [2.75, 3.05) is 7.05 Å². The van der Waals surface area contributed by atoms with Crippen LogP contribution in [0.4, 0.5) is 0 Å². The molecule has 126 valence electrons. The summed E-state index contributed by atoms with van der Waals surface area (Å²) in [6, 6.07) is 3.89. The van der Waals surface area contributed by atoms with E-state index in [1.165, 1.54) is 0 Å². The average Bonchev–Trinajstić information content (AvgIpc) is 3.11. The molecule has 7 heteroatoms. The minimum absolute atomic E-state index is 0.0554. The molecule has 3 aromatic heterocycles. The van der Waals surface area contributed by atoms with Crippen molar-refractivity contribution in [2.24, 2.45) is 0 Å². The molecule has 0 N–H and O–H groups in total. The lowest BCUT2D eigenvalue weighted by atomic mass is 10.0. The number of thiophene rings is 1. The highest BCUT2D eigenvalue weighted by Crippen LogP contribution is 2.27. The molecule has 0 saturated carbocycles. The molecule has 0 saturated heterocycles. The molecule has 0 atom stereocenters. The topological polar surface area (TPSA) is 59.2 Å². The van der Waals surface area contributed by atoms with Gasteiger partial charge in [-0.15, -0.1) is 11.3 Å². The van der Waals surface area contributed by atoms with E-state index >= 15 is 0 Å². The monoisotopic (exact) mass is 407 g/mol. The number of pyridine rings is 1. The zero-order valence-electron chi connectivity index (χ0n) is 14.0. The van der Waals surface area contributed by atoms with Crippen molar-refractivity contribution in [1.82, 2.24) is 15.0 Å². The Morgan fingerprint density at radius 2 is 2.17 bits per heavy atom. The largest absolute Gasteiger partial charge is 0.337 e. The second-order valence-corrected chi connectivity index (χ2v) is 8.00. The number of hydrogen-bond acceptors (Lipinski definition) is 5. The quantitative estimate of drug-likeness (QED) is 0.625. The van der Waals surface area contributed by atoms with Crippen LogP contribution >= 0.6 is 27.3 Å². The number of rotatable bonds is 4. The molecular formula is C17H18BrN3O2S. The number of hydrogen-bond donors (Lipinski definition) is 0. The third kappa shape index (κ3) is 3.23. The average molecular weight is 408 g/mol. The fourth-order valence-electron chi connectivity index (χ4n) is 2.53. The Labute approximate surface area is 152 Å². The van der Waals surface area contributed by atoms with Gasteiger partial charge in [-0.05, 0) is 40.9 Å². The van der Waals surface area contributed by atoms with Gasteiger partial charge in [-0.1, -0.05) is 19.0 Å². The Morgan fingerprint density at radius 3 is 2.79 bits per heavy atom. The highest BCUT2D eigenvalue weighted by Gasteiger charge is 2.22. The second-order valence-electron chi connectivity index (χ2n) is 6.09. The molecule has 0 bridgehead atoms. The Bertz CT molecular complexity index is 901. The van der Waals surface area contributed by atoms with E-state index in [0.717, 1.165) is 15.0 Å². The van der Waals surface area contributed by atoms with Gasteiger partial charge in [-0.3, -0.25) is 4.79 Å². The van der Waals surface area contributed by atoms with Crippen LogP contribution < -0.4 is 0 Å².